The van der Waals surface area contributed by atoms with Crippen LogP contribution < -0.4 is 15.8 Å². The van der Waals surface area contributed by atoms with Crippen molar-refractivity contribution in [1.82, 2.24) is 14.8 Å². The first-order chi connectivity index (χ1) is 17.7. The Kier molecular flexibility index (Phi) is 9.48. The molecule has 3 aromatic rings. The smallest absolute Gasteiger partial charge is 0.341 e. The number of carbonyl (C=O) groups is 3. The molecule has 3 N–H and O–H groups in total. The van der Waals surface area contributed by atoms with Crippen molar-refractivity contribution < 1.29 is 23.9 Å². The van der Waals surface area contributed by atoms with Crippen LogP contribution in [-0.4, -0.2) is 52.0 Å². The van der Waals surface area contributed by atoms with Gasteiger partial charge in [-0.05, 0) is 42.7 Å². The lowest BCUT2D eigenvalue weighted by molar-refractivity contribution is -0.113. The van der Waals surface area contributed by atoms with E-state index >= 15 is 0 Å². The maximum Gasteiger partial charge on any atom is 0.341 e. The number of anilines is 1. The Morgan fingerprint density at radius 2 is 1.95 bits per heavy atom. The van der Waals surface area contributed by atoms with Gasteiger partial charge in [0.05, 0.1) is 29.9 Å². The Bertz CT molecular complexity index is 1300. The second kappa shape index (κ2) is 12.5. The summed E-state index contributed by atoms with van der Waals surface area (Å²) in [5, 5.41) is 12.0. The summed E-state index contributed by atoms with van der Waals surface area (Å²) >= 11 is 2.12. The molecule has 0 radical (unpaired) electrons. The van der Waals surface area contributed by atoms with E-state index in [0.717, 1.165) is 22.6 Å². The number of esters is 1. The first-order valence-electron chi connectivity index (χ1n) is 11.4. The summed E-state index contributed by atoms with van der Waals surface area (Å²) in [5.74, 6) is 0.0643. The first kappa shape index (κ1) is 27.9. The Morgan fingerprint density at radius 1 is 1.24 bits per heavy atom. The van der Waals surface area contributed by atoms with E-state index in [1.54, 1.807) is 13.0 Å². The van der Waals surface area contributed by atoms with E-state index in [-0.39, 0.29) is 21.2 Å². The molecule has 1 aromatic carbocycles. The van der Waals surface area contributed by atoms with Crippen molar-refractivity contribution in [2.24, 2.45) is 11.7 Å². The highest BCUT2D eigenvalue weighted by molar-refractivity contribution is 7.99. The molecule has 0 atom stereocenters. The number of allylic oxidation sites excluding steroid dienone is 1. The standard InChI is InChI=1S/C25H29N5O5S2/c1-6-11-30-22(16-7-9-17(10-8-16)35-12-14(2)3)28-29-25(30)36-13-18(31)27-23-19(24(33)34-5)15(4)20(37-23)21(26)32/h6-10,14H,1,11-13H2,2-5H3,(H2,26,32)(H,27,31). The molecule has 0 saturated carbocycles. The number of nitrogens with zero attached hydrogens (tertiary/aromatic N) is 3. The number of amides is 2. The zero-order valence-electron chi connectivity index (χ0n) is 21.1. The van der Waals surface area contributed by atoms with Crippen LogP contribution in [0.3, 0.4) is 0 Å². The minimum absolute atomic E-state index is 0.0132. The molecule has 10 nitrogen and oxygen atoms in total. The van der Waals surface area contributed by atoms with Gasteiger partial charge in [0.2, 0.25) is 5.91 Å². The molecular formula is C25H29N5O5S2. The average molecular weight is 544 g/mol. The molecule has 2 heterocycles. The lowest BCUT2D eigenvalue weighted by atomic mass is 10.1. The van der Waals surface area contributed by atoms with E-state index in [9.17, 15) is 14.4 Å². The van der Waals surface area contributed by atoms with E-state index in [2.05, 4.69) is 35.9 Å². The maximum absolute atomic E-state index is 12.7. The highest BCUT2D eigenvalue weighted by Crippen LogP contribution is 2.34. The maximum atomic E-state index is 12.7. The van der Waals surface area contributed by atoms with Crippen LogP contribution in [0, 0.1) is 12.8 Å². The van der Waals surface area contributed by atoms with Crippen LogP contribution in [0.5, 0.6) is 5.75 Å². The van der Waals surface area contributed by atoms with Crippen LogP contribution in [0.15, 0.2) is 42.1 Å². The van der Waals surface area contributed by atoms with Gasteiger partial charge in [0, 0.05) is 12.1 Å². The molecule has 3 rings (SSSR count). The monoisotopic (exact) mass is 543 g/mol. The van der Waals surface area contributed by atoms with Gasteiger partial charge in [0.15, 0.2) is 11.0 Å². The summed E-state index contributed by atoms with van der Waals surface area (Å²) in [6.45, 7) is 10.6. The number of thiophene rings is 1. The summed E-state index contributed by atoms with van der Waals surface area (Å²) in [5.41, 5.74) is 6.72. The third-order valence-electron chi connectivity index (χ3n) is 5.07. The number of thioether (sulfide) groups is 1. The predicted octanol–water partition coefficient (Wildman–Crippen LogP) is 4.15. The number of nitrogens with one attached hydrogen (secondary N) is 1. The fourth-order valence-electron chi connectivity index (χ4n) is 3.34. The van der Waals surface area contributed by atoms with E-state index < -0.39 is 17.8 Å². The van der Waals surface area contributed by atoms with Gasteiger partial charge < -0.3 is 20.5 Å². The first-order valence-corrected chi connectivity index (χ1v) is 13.2. The van der Waals surface area contributed by atoms with Crippen LogP contribution in [0.4, 0.5) is 5.00 Å². The van der Waals surface area contributed by atoms with Crippen LogP contribution >= 0.6 is 23.1 Å². The van der Waals surface area contributed by atoms with Gasteiger partial charge >= 0.3 is 5.97 Å². The number of hydrogen-bond donors (Lipinski definition) is 2. The molecular weight excluding hydrogens is 514 g/mol. The SMILES string of the molecule is C=CCn1c(SCC(=O)Nc2sc(C(N)=O)c(C)c2C(=O)OC)nnc1-c1ccc(OCC(C)C)cc1. The quantitative estimate of drug-likeness (QED) is 0.197. The van der Waals surface area contributed by atoms with Crippen LogP contribution in [0.2, 0.25) is 0 Å². The van der Waals surface area contributed by atoms with Gasteiger partial charge in [-0.1, -0.05) is 31.7 Å². The second-order valence-electron chi connectivity index (χ2n) is 8.39. The summed E-state index contributed by atoms with van der Waals surface area (Å²) in [6, 6.07) is 7.58. The van der Waals surface area contributed by atoms with E-state index in [1.165, 1.54) is 18.9 Å². The lowest BCUT2D eigenvalue weighted by Crippen LogP contribution is -2.16. The van der Waals surface area contributed by atoms with Gasteiger partial charge in [-0.2, -0.15) is 0 Å². The van der Waals surface area contributed by atoms with Crippen molar-refractivity contribution in [2.75, 3.05) is 24.8 Å². The zero-order valence-corrected chi connectivity index (χ0v) is 22.7. The fourth-order valence-corrected chi connectivity index (χ4v) is 5.15. The Balaban J connectivity index is 1.75. The molecule has 0 aliphatic carbocycles. The average Bonchev–Trinajstić information content (AvgIpc) is 3.42. The van der Waals surface area contributed by atoms with Crippen molar-refractivity contribution in [2.45, 2.75) is 32.5 Å². The largest absolute Gasteiger partial charge is 0.493 e. The van der Waals surface area contributed by atoms with E-state index in [1.807, 2.05) is 28.8 Å². The van der Waals surface area contributed by atoms with Crippen molar-refractivity contribution in [1.29, 1.82) is 0 Å². The summed E-state index contributed by atoms with van der Waals surface area (Å²) in [7, 11) is 1.22. The topological polar surface area (TPSA) is 138 Å². The molecule has 0 spiro atoms. The molecule has 2 amide bonds. The summed E-state index contributed by atoms with van der Waals surface area (Å²) in [6.07, 6.45) is 1.72. The van der Waals surface area contributed by atoms with Crippen molar-refractivity contribution in [3.63, 3.8) is 0 Å². The van der Waals surface area contributed by atoms with Gasteiger partial charge in [-0.25, -0.2) is 4.79 Å². The Hall–Kier alpha value is -3.64. The number of carbonyl (C=O) groups excluding carboxylic acids is 3. The lowest BCUT2D eigenvalue weighted by Gasteiger charge is -2.10. The van der Waals surface area contributed by atoms with Gasteiger partial charge in [0.25, 0.3) is 5.91 Å². The number of nitrogens with two attached hydrogens (primary N) is 1. The highest BCUT2D eigenvalue weighted by Gasteiger charge is 2.25. The number of benzene rings is 1. The van der Waals surface area contributed by atoms with Crippen LogP contribution in [0.1, 0.15) is 39.4 Å². The fraction of sp³-hybridized carbons (Fsp3) is 0.320. The predicted molar refractivity (Wildman–Crippen MR) is 144 cm³/mol. The van der Waals surface area contributed by atoms with Crippen molar-refractivity contribution in [3.05, 3.63) is 52.9 Å². The third kappa shape index (κ3) is 6.77. The second-order valence-corrected chi connectivity index (χ2v) is 10.4. The molecule has 0 saturated heterocycles. The number of primary amides is 1. The van der Waals surface area contributed by atoms with Crippen LogP contribution in [-0.2, 0) is 16.1 Å². The minimum atomic E-state index is -0.688. The Labute approximate surface area is 223 Å². The molecule has 0 unspecified atom stereocenters. The van der Waals surface area contributed by atoms with E-state index in [0.29, 0.717) is 35.6 Å². The van der Waals surface area contributed by atoms with Crippen molar-refractivity contribution in [3.8, 4) is 17.1 Å². The normalized spacial score (nSPS) is 10.8. The Morgan fingerprint density at radius 3 is 2.54 bits per heavy atom. The van der Waals surface area contributed by atoms with Gasteiger partial charge in [-0.15, -0.1) is 28.1 Å². The van der Waals surface area contributed by atoms with Crippen molar-refractivity contribution >= 4 is 45.9 Å². The summed E-state index contributed by atoms with van der Waals surface area (Å²) in [4.78, 5) is 36.9. The molecule has 0 aliphatic rings. The summed E-state index contributed by atoms with van der Waals surface area (Å²) < 4.78 is 12.4. The molecule has 196 valence electrons. The van der Waals surface area contributed by atoms with E-state index in [4.69, 9.17) is 15.2 Å². The number of ether oxygens (including phenoxy) is 2. The number of rotatable bonds is 12. The highest BCUT2D eigenvalue weighted by atomic mass is 32.2. The molecule has 2 aromatic heterocycles. The van der Waals surface area contributed by atoms with Crippen LogP contribution in [0.25, 0.3) is 11.4 Å². The number of hydrogen-bond acceptors (Lipinski definition) is 9. The molecule has 0 aliphatic heterocycles. The van der Waals surface area contributed by atoms with Gasteiger partial charge in [0.1, 0.15) is 10.8 Å². The minimum Gasteiger partial charge on any atom is -0.493 e. The zero-order chi connectivity index (χ0) is 27.1. The third-order valence-corrected chi connectivity index (χ3v) is 7.26. The molecule has 0 fully saturated rings. The molecule has 37 heavy (non-hydrogen) atoms. The van der Waals surface area contributed by atoms with Gasteiger partial charge in [-0.3, -0.25) is 14.2 Å². The number of aromatic nitrogens is 3. The number of methoxy groups -OCH3 is 1. The molecule has 0 bridgehead atoms. The molecule has 12 heteroatoms.